The monoisotopic (exact) mass is 540 g/mol. The van der Waals surface area contributed by atoms with Crippen LogP contribution < -0.4 is 9.75 Å². The van der Waals surface area contributed by atoms with Gasteiger partial charge in [-0.1, -0.05) is 45.9 Å². The van der Waals surface area contributed by atoms with E-state index in [1.54, 1.807) is 11.6 Å². The molecule has 2 aromatic carbocycles. The molecule has 2 heterocycles. The summed E-state index contributed by atoms with van der Waals surface area (Å²) in [4.78, 5) is 24.9. The first kappa shape index (κ1) is 19.1. The van der Waals surface area contributed by atoms with Crippen molar-refractivity contribution in [1.82, 2.24) is 9.55 Å². The molecule has 0 aliphatic heterocycles. The Kier molecular flexibility index (Phi) is 5.77. The third-order valence-corrected chi connectivity index (χ3v) is 7.72. The number of aromatic nitrogens is 2. The second-order valence-electron chi connectivity index (χ2n) is 4.88. The van der Waals surface area contributed by atoms with E-state index in [0.717, 1.165) is 35.2 Å². The lowest BCUT2D eigenvalue weighted by Crippen LogP contribution is -2.06. The summed E-state index contributed by atoms with van der Waals surface area (Å²) in [5.74, 6) is 0. The van der Waals surface area contributed by atoms with E-state index in [9.17, 15) is 9.59 Å². The van der Waals surface area contributed by atoms with Crippen molar-refractivity contribution in [3.8, 4) is 0 Å². The van der Waals surface area contributed by atoms with Crippen LogP contribution in [0.15, 0.2) is 42.8 Å². The molecule has 0 bridgehead atoms. The molecule has 0 saturated heterocycles. The summed E-state index contributed by atoms with van der Waals surface area (Å²) in [7, 11) is 1.72. The van der Waals surface area contributed by atoms with E-state index in [2.05, 4.69) is 36.8 Å². The highest BCUT2D eigenvalue weighted by atomic mass is 79.9. The number of thiazole rings is 2. The highest BCUT2D eigenvalue weighted by Gasteiger charge is 2.10. The van der Waals surface area contributed by atoms with Gasteiger partial charge in [0.1, 0.15) is 0 Å². The SMILES string of the molecule is Cn1c(=O)sc2ccc(Br)c(Cl)c21.O=c1[nH]c2c(Cl)c(Br)ccc2s1. The number of benzene rings is 2. The zero-order valence-corrected chi connectivity index (χ0v) is 18.7. The van der Waals surface area contributed by atoms with Crippen molar-refractivity contribution in [3.63, 3.8) is 0 Å². The van der Waals surface area contributed by atoms with Crippen molar-refractivity contribution >= 4 is 98.2 Å². The third kappa shape index (κ3) is 3.74. The fraction of sp³-hybridized carbons (Fsp3) is 0.0667. The summed E-state index contributed by atoms with van der Waals surface area (Å²) in [5, 5.41) is 1.16. The lowest BCUT2D eigenvalue weighted by Gasteiger charge is -1.99. The van der Waals surface area contributed by atoms with Crippen molar-refractivity contribution in [2.24, 2.45) is 7.05 Å². The van der Waals surface area contributed by atoms with Gasteiger partial charge in [0.15, 0.2) is 0 Å². The molecule has 0 saturated carbocycles. The average molecular weight is 543 g/mol. The Labute approximate surface area is 176 Å². The Hall–Kier alpha value is -0.640. The van der Waals surface area contributed by atoms with E-state index in [0.29, 0.717) is 15.6 Å². The Balaban J connectivity index is 0.000000146. The third-order valence-electron chi connectivity index (χ3n) is 3.32. The van der Waals surface area contributed by atoms with E-state index < -0.39 is 0 Å². The molecule has 1 N–H and O–H groups in total. The predicted octanol–water partition coefficient (Wildman–Crippen LogP) is 6.02. The van der Waals surface area contributed by atoms with Crippen LogP contribution >= 0.6 is 77.7 Å². The van der Waals surface area contributed by atoms with Gasteiger partial charge in [-0.15, -0.1) is 0 Å². The molecule has 2 aromatic heterocycles. The maximum Gasteiger partial charge on any atom is 0.307 e. The van der Waals surface area contributed by atoms with Gasteiger partial charge in [-0.05, 0) is 56.1 Å². The molecule has 0 fully saturated rings. The Morgan fingerprint density at radius 3 is 2.24 bits per heavy atom. The summed E-state index contributed by atoms with van der Waals surface area (Å²) >= 11 is 20.9. The van der Waals surface area contributed by atoms with E-state index in [1.165, 1.54) is 11.3 Å². The molecule has 4 aromatic rings. The van der Waals surface area contributed by atoms with Crippen LogP contribution in [0, 0.1) is 0 Å². The first-order valence-corrected chi connectivity index (χ1v) is 10.7. The maximum absolute atomic E-state index is 11.3. The van der Waals surface area contributed by atoms with Gasteiger partial charge in [0, 0.05) is 16.0 Å². The number of hydrogen-bond acceptors (Lipinski definition) is 4. The van der Waals surface area contributed by atoms with E-state index in [1.807, 2.05) is 24.3 Å². The normalized spacial score (nSPS) is 10.9. The number of hydrogen-bond donors (Lipinski definition) is 1. The maximum atomic E-state index is 11.3. The lowest BCUT2D eigenvalue weighted by atomic mass is 10.3. The highest BCUT2D eigenvalue weighted by molar-refractivity contribution is 9.10. The van der Waals surface area contributed by atoms with Gasteiger partial charge in [-0.25, -0.2) is 0 Å². The van der Waals surface area contributed by atoms with Crippen LogP contribution in [-0.2, 0) is 7.05 Å². The quantitative estimate of drug-likeness (QED) is 0.295. The zero-order chi connectivity index (χ0) is 18.3. The molecule has 0 atom stereocenters. The van der Waals surface area contributed by atoms with Gasteiger partial charge in [0.05, 0.1) is 30.5 Å². The van der Waals surface area contributed by atoms with E-state index >= 15 is 0 Å². The summed E-state index contributed by atoms with van der Waals surface area (Å²) < 4.78 is 4.97. The number of halogens is 4. The minimum atomic E-state index is -0.0787. The van der Waals surface area contributed by atoms with Crippen LogP contribution in [0.3, 0.4) is 0 Å². The summed E-state index contributed by atoms with van der Waals surface area (Å²) in [6, 6.07) is 7.42. The van der Waals surface area contributed by atoms with E-state index in [-0.39, 0.29) is 9.75 Å². The minimum Gasteiger partial charge on any atom is -0.311 e. The Bertz CT molecular complexity index is 1210. The Morgan fingerprint density at radius 1 is 0.960 bits per heavy atom. The molecule has 0 aliphatic rings. The van der Waals surface area contributed by atoms with Crippen molar-refractivity contribution in [1.29, 1.82) is 0 Å². The summed E-state index contributed by atoms with van der Waals surface area (Å²) in [5.41, 5.74) is 1.51. The second kappa shape index (κ2) is 7.54. The first-order chi connectivity index (χ1) is 11.8. The van der Waals surface area contributed by atoms with Gasteiger partial charge in [0.2, 0.25) is 0 Å². The summed E-state index contributed by atoms with van der Waals surface area (Å²) in [6.45, 7) is 0. The number of nitrogens with zero attached hydrogens (tertiary/aromatic N) is 1. The molecule has 130 valence electrons. The fourth-order valence-corrected chi connectivity index (χ4v) is 5.03. The van der Waals surface area contributed by atoms with Crippen molar-refractivity contribution in [2.75, 3.05) is 0 Å². The average Bonchev–Trinajstić information content (AvgIpc) is 3.09. The van der Waals surface area contributed by atoms with Crippen molar-refractivity contribution in [3.05, 3.63) is 62.6 Å². The molecule has 0 radical (unpaired) electrons. The molecule has 4 rings (SSSR count). The second-order valence-corrected chi connectivity index (χ2v) is 9.36. The molecular weight excluding hydrogens is 535 g/mol. The lowest BCUT2D eigenvalue weighted by molar-refractivity contribution is 0.938. The molecule has 25 heavy (non-hydrogen) atoms. The van der Waals surface area contributed by atoms with Crippen LogP contribution in [0.2, 0.25) is 10.0 Å². The van der Waals surface area contributed by atoms with Gasteiger partial charge < -0.3 is 9.55 Å². The van der Waals surface area contributed by atoms with Crippen LogP contribution in [0.25, 0.3) is 20.4 Å². The van der Waals surface area contributed by atoms with Gasteiger partial charge in [-0.3, -0.25) is 9.59 Å². The van der Waals surface area contributed by atoms with Gasteiger partial charge in [0.25, 0.3) is 0 Å². The van der Waals surface area contributed by atoms with Crippen LogP contribution in [0.1, 0.15) is 0 Å². The van der Waals surface area contributed by atoms with Crippen molar-refractivity contribution < 1.29 is 0 Å². The van der Waals surface area contributed by atoms with Crippen LogP contribution in [0.5, 0.6) is 0 Å². The standard InChI is InChI=1S/C8H5BrClNOS.C7H3BrClNOS/c1-11-7-5(13-8(11)12)3-2-4(9)6(7)10;8-3-1-2-4-6(5(3)9)10-7(11)12-4/h2-3H,1H3;1-2H,(H,10,11). The first-order valence-electron chi connectivity index (χ1n) is 6.70. The number of H-pyrrole nitrogens is 1. The number of fused-ring (bicyclic) bond motifs is 2. The van der Waals surface area contributed by atoms with Crippen LogP contribution in [0.4, 0.5) is 0 Å². The van der Waals surface area contributed by atoms with E-state index in [4.69, 9.17) is 23.2 Å². The number of aryl methyl sites for hydroxylation is 1. The smallest absolute Gasteiger partial charge is 0.307 e. The molecular formula is C15H8Br2Cl2N2O2S2. The fourth-order valence-electron chi connectivity index (χ4n) is 2.13. The zero-order valence-electron chi connectivity index (χ0n) is 12.4. The largest absolute Gasteiger partial charge is 0.311 e. The summed E-state index contributed by atoms with van der Waals surface area (Å²) in [6.07, 6.45) is 0. The van der Waals surface area contributed by atoms with Gasteiger partial charge >= 0.3 is 9.75 Å². The highest BCUT2D eigenvalue weighted by Crippen LogP contribution is 2.32. The van der Waals surface area contributed by atoms with Gasteiger partial charge in [-0.2, -0.15) is 0 Å². The molecule has 0 unspecified atom stereocenters. The molecule has 0 aliphatic carbocycles. The Morgan fingerprint density at radius 2 is 1.56 bits per heavy atom. The van der Waals surface area contributed by atoms with Crippen molar-refractivity contribution in [2.45, 2.75) is 0 Å². The van der Waals surface area contributed by atoms with Crippen LogP contribution in [-0.4, -0.2) is 9.55 Å². The topological polar surface area (TPSA) is 54.9 Å². The number of rotatable bonds is 0. The predicted molar refractivity (Wildman–Crippen MR) is 115 cm³/mol. The number of nitrogens with one attached hydrogen (secondary N) is 1. The molecule has 4 nitrogen and oxygen atoms in total. The molecule has 10 heteroatoms. The molecule has 0 amide bonds. The minimum absolute atomic E-state index is 0.00926. The molecule has 0 spiro atoms. The number of aromatic amines is 1.